The summed E-state index contributed by atoms with van der Waals surface area (Å²) in [6.07, 6.45) is 11.5. The molecule has 158 valence electrons. The van der Waals surface area contributed by atoms with Crippen LogP contribution in [-0.2, 0) is 11.2 Å². The summed E-state index contributed by atoms with van der Waals surface area (Å²) in [7, 11) is 0. The molecule has 30 heavy (non-hydrogen) atoms. The van der Waals surface area contributed by atoms with Crippen molar-refractivity contribution < 1.29 is 4.79 Å². The molecule has 1 amide bonds. The van der Waals surface area contributed by atoms with Gasteiger partial charge in [0, 0.05) is 36.4 Å². The van der Waals surface area contributed by atoms with Crippen LogP contribution in [0.15, 0.2) is 60.4 Å². The van der Waals surface area contributed by atoms with E-state index in [0.717, 1.165) is 44.6 Å². The van der Waals surface area contributed by atoms with Gasteiger partial charge in [0.15, 0.2) is 0 Å². The smallest absolute Gasteiger partial charge is 0.224 e. The number of aromatic nitrogens is 1. The first-order chi connectivity index (χ1) is 14.7. The molecule has 5 heteroatoms. The number of rotatable bonds is 7. The number of allylic oxidation sites excluding steroid dienone is 2. The Balaban J connectivity index is 1.43. The molecule has 1 fully saturated rings. The number of pyridine rings is 1. The van der Waals surface area contributed by atoms with Crippen LogP contribution in [-0.4, -0.2) is 42.0 Å². The Morgan fingerprint density at radius 1 is 1.17 bits per heavy atom. The van der Waals surface area contributed by atoms with Crippen LogP contribution in [0.4, 0.5) is 0 Å². The van der Waals surface area contributed by atoms with Gasteiger partial charge in [0.05, 0.1) is 5.92 Å². The van der Waals surface area contributed by atoms with Crippen molar-refractivity contribution in [2.24, 2.45) is 5.92 Å². The Labute approximate surface area is 184 Å². The van der Waals surface area contributed by atoms with E-state index < -0.39 is 0 Å². The van der Waals surface area contributed by atoms with Gasteiger partial charge in [-0.15, -0.1) is 0 Å². The summed E-state index contributed by atoms with van der Waals surface area (Å²) in [5, 5.41) is 3.93. The van der Waals surface area contributed by atoms with Gasteiger partial charge in [-0.3, -0.25) is 9.78 Å². The average Bonchev–Trinajstić information content (AvgIpc) is 3.19. The van der Waals surface area contributed by atoms with Crippen molar-refractivity contribution in [1.82, 2.24) is 15.2 Å². The third-order valence-electron chi connectivity index (χ3n) is 6.23. The number of likely N-dealkylation sites (tertiary alicyclic amines) is 1. The monoisotopic (exact) mass is 423 g/mol. The van der Waals surface area contributed by atoms with Crippen molar-refractivity contribution in [3.63, 3.8) is 0 Å². The van der Waals surface area contributed by atoms with Gasteiger partial charge in [-0.05, 0) is 68.1 Å². The number of nitrogens with zero attached hydrogens (tertiary/aromatic N) is 2. The van der Waals surface area contributed by atoms with Crippen LogP contribution in [0.1, 0.15) is 42.7 Å². The highest BCUT2D eigenvalue weighted by molar-refractivity contribution is 6.30. The molecule has 1 aliphatic carbocycles. The molecule has 0 bridgehead atoms. The zero-order valence-electron chi connectivity index (χ0n) is 17.4. The first-order valence-electron chi connectivity index (χ1n) is 11.0. The van der Waals surface area contributed by atoms with Gasteiger partial charge in [0.2, 0.25) is 5.91 Å². The Morgan fingerprint density at radius 2 is 2.03 bits per heavy atom. The van der Waals surface area contributed by atoms with Crippen LogP contribution in [0.25, 0.3) is 0 Å². The van der Waals surface area contributed by atoms with Crippen molar-refractivity contribution in [2.75, 3.05) is 26.2 Å². The molecular formula is C25H30ClN3O. The summed E-state index contributed by atoms with van der Waals surface area (Å²) in [5.41, 5.74) is 3.59. The standard InChI is InChI=1S/C25H30ClN3O/c26-22-8-4-7-21(17-22)23-15-20(14-19-6-5-9-27-18-19)16-24(23)25(30)28-10-13-29-11-2-1-3-12-29/h4-9,15,17-18,23-24H,1-3,10-14,16H2,(H,28,30)/t23-,24-/m0/s1. The molecule has 0 radical (unpaired) electrons. The SMILES string of the molecule is O=C(NCCN1CCCCC1)[C@H]1CC(Cc2cccnc2)=C[C@H]1c1cccc(Cl)c1. The highest BCUT2D eigenvalue weighted by atomic mass is 35.5. The molecule has 4 nitrogen and oxygen atoms in total. The molecule has 1 aliphatic heterocycles. The second kappa shape index (κ2) is 10.2. The van der Waals surface area contributed by atoms with Gasteiger partial charge in [-0.25, -0.2) is 0 Å². The fraction of sp³-hybridized carbons (Fsp3) is 0.440. The minimum absolute atomic E-state index is 0.0605. The van der Waals surface area contributed by atoms with E-state index >= 15 is 0 Å². The number of nitrogens with one attached hydrogen (secondary N) is 1. The predicted octanol–water partition coefficient (Wildman–Crippen LogP) is 4.61. The van der Waals surface area contributed by atoms with Crippen molar-refractivity contribution in [1.29, 1.82) is 0 Å². The summed E-state index contributed by atoms with van der Waals surface area (Å²) < 4.78 is 0. The molecule has 2 aromatic rings. The number of carbonyl (C=O) groups is 1. The Morgan fingerprint density at radius 3 is 2.80 bits per heavy atom. The molecule has 1 saturated heterocycles. The Bertz CT molecular complexity index is 877. The lowest BCUT2D eigenvalue weighted by molar-refractivity contribution is -0.125. The minimum atomic E-state index is -0.0866. The lowest BCUT2D eigenvalue weighted by Gasteiger charge is -2.27. The Kier molecular flexibility index (Phi) is 7.19. The van der Waals surface area contributed by atoms with Crippen LogP contribution in [0.2, 0.25) is 5.02 Å². The normalized spacial score (nSPS) is 22.0. The van der Waals surface area contributed by atoms with Gasteiger partial charge >= 0.3 is 0 Å². The Hall–Kier alpha value is -2.17. The highest BCUT2D eigenvalue weighted by Crippen LogP contribution is 2.40. The molecule has 1 N–H and O–H groups in total. The van der Waals surface area contributed by atoms with Crippen LogP contribution >= 0.6 is 11.6 Å². The third-order valence-corrected chi connectivity index (χ3v) is 6.47. The lowest BCUT2D eigenvalue weighted by atomic mass is 9.88. The van der Waals surface area contributed by atoms with E-state index in [4.69, 9.17) is 11.6 Å². The molecule has 0 saturated carbocycles. The van der Waals surface area contributed by atoms with Gasteiger partial charge in [0.25, 0.3) is 0 Å². The van der Waals surface area contributed by atoms with E-state index in [0.29, 0.717) is 5.02 Å². The molecule has 4 rings (SSSR count). The van der Waals surface area contributed by atoms with E-state index in [-0.39, 0.29) is 17.7 Å². The lowest BCUT2D eigenvalue weighted by Crippen LogP contribution is -2.40. The summed E-state index contributed by atoms with van der Waals surface area (Å²) >= 11 is 6.25. The highest BCUT2D eigenvalue weighted by Gasteiger charge is 2.34. The fourth-order valence-electron chi connectivity index (χ4n) is 4.69. The zero-order valence-corrected chi connectivity index (χ0v) is 18.2. The second-order valence-electron chi connectivity index (χ2n) is 8.45. The van der Waals surface area contributed by atoms with Crippen molar-refractivity contribution in [2.45, 2.75) is 38.0 Å². The molecule has 0 spiro atoms. The predicted molar refractivity (Wildman–Crippen MR) is 122 cm³/mol. The summed E-state index contributed by atoms with van der Waals surface area (Å²) in [6, 6.07) is 12.0. The third kappa shape index (κ3) is 5.50. The maximum Gasteiger partial charge on any atom is 0.224 e. The van der Waals surface area contributed by atoms with Crippen molar-refractivity contribution in [3.05, 3.63) is 76.6 Å². The maximum atomic E-state index is 13.1. The minimum Gasteiger partial charge on any atom is -0.355 e. The summed E-state index contributed by atoms with van der Waals surface area (Å²) in [6.45, 7) is 3.97. The van der Waals surface area contributed by atoms with Crippen LogP contribution in [0, 0.1) is 5.92 Å². The molecule has 2 aliphatic rings. The maximum absolute atomic E-state index is 13.1. The van der Waals surface area contributed by atoms with Crippen LogP contribution in [0.5, 0.6) is 0 Å². The number of halogens is 1. The molecule has 1 aromatic heterocycles. The average molecular weight is 424 g/mol. The summed E-state index contributed by atoms with van der Waals surface area (Å²) in [5.74, 6) is 0.122. The van der Waals surface area contributed by atoms with Gasteiger partial charge < -0.3 is 10.2 Å². The van der Waals surface area contributed by atoms with E-state index in [2.05, 4.69) is 33.4 Å². The number of piperidine rings is 1. The first kappa shape index (κ1) is 21.1. The quantitative estimate of drug-likeness (QED) is 0.661. The van der Waals surface area contributed by atoms with Crippen molar-refractivity contribution in [3.8, 4) is 0 Å². The summed E-state index contributed by atoms with van der Waals surface area (Å²) in [4.78, 5) is 19.8. The van der Waals surface area contributed by atoms with E-state index in [1.807, 2.05) is 30.5 Å². The number of hydrogen-bond donors (Lipinski definition) is 1. The van der Waals surface area contributed by atoms with Gasteiger partial charge in [-0.1, -0.05) is 47.9 Å². The molecule has 1 aromatic carbocycles. The van der Waals surface area contributed by atoms with Gasteiger partial charge in [0.1, 0.15) is 0 Å². The largest absolute Gasteiger partial charge is 0.355 e. The van der Waals surface area contributed by atoms with E-state index in [1.165, 1.54) is 30.4 Å². The number of hydrogen-bond acceptors (Lipinski definition) is 3. The number of amides is 1. The molecule has 2 atom stereocenters. The van der Waals surface area contributed by atoms with Gasteiger partial charge in [-0.2, -0.15) is 0 Å². The zero-order chi connectivity index (χ0) is 20.8. The fourth-order valence-corrected chi connectivity index (χ4v) is 4.89. The second-order valence-corrected chi connectivity index (χ2v) is 8.88. The molecule has 2 heterocycles. The first-order valence-corrected chi connectivity index (χ1v) is 11.4. The molecular weight excluding hydrogens is 394 g/mol. The molecule has 0 unspecified atom stereocenters. The van der Waals surface area contributed by atoms with E-state index in [1.54, 1.807) is 6.20 Å². The van der Waals surface area contributed by atoms with Crippen LogP contribution in [0.3, 0.4) is 0 Å². The number of carbonyl (C=O) groups excluding carboxylic acids is 1. The van der Waals surface area contributed by atoms with Crippen LogP contribution < -0.4 is 5.32 Å². The van der Waals surface area contributed by atoms with E-state index in [9.17, 15) is 4.79 Å². The number of benzene rings is 1. The van der Waals surface area contributed by atoms with Crippen molar-refractivity contribution >= 4 is 17.5 Å². The topological polar surface area (TPSA) is 45.2 Å².